The SMILES string of the molecule is CC(C)(C)CC(C)(C)COCC(COC(=O)NC(C)(C)CCOC(C)(C)CC(=O)O)OCC(C)(C)CC(C)(C)C. The number of nitrogens with one attached hydrogen (secondary N) is 1. The zero-order valence-electron chi connectivity index (χ0n) is 28.3. The molecule has 1 unspecified atom stereocenters. The van der Waals surface area contributed by atoms with Crippen LogP contribution in [0, 0.1) is 21.7 Å². The highest BCUT2D eigenvalue weighted by molar-refractivity contribution is 5.68. The third kappa shape index (κ3) is 21.4. The Morgan fingerprint density at radius 2 is 1.25 bits per heavy atom. The number of carboxylic acids is 1. The molecule has 2 N–H and O–H groups in total. The third-order valence-electron chi connectivity index (χ3n) is 6.16. The first kappa shape index (κ1) is 38.6. The summed E-state index contributed by atoms with van der Waals surface area (Å²) in [6.45, 7) is 31.2. The van der Waals surface area contributed by atoms with Crippen molar-refractivity contribution >= 4 is 12.1 Å². The molecular weight excluding hydrogens is 510 g/mol. The van der Waals surface area contributed by atoms with E-state index in [0.717, 1.165) is 12.8 Å². The smallest absolute Gasteiger partial charge is 0.407 e. The number of ether oxygens (including phenoxy) is 4. The Balaban J connectivity index is 5.07. The Labute approximate surface area is 245 Å². The molecule has 0 bridgehead atoms. The molecule has 8 nitrogen and oxygen atoms in total. The van der Waals surface area contributed by atoms with Crippen molar-refractivity contribution in [2.75, 3.05) is 33.0 Å². The standard InChI is InChI=1S/C32H63NO7/c1-27(2,3)20-29(7,8)22-37-18-24(39-23-30(9,10)21-28(4,5)6)19-38-26(36)33-31(11,12)15-16-40-32(13,14)17-25(34)35/h24H,15-23H2,1-14H3,(H,33,36)(H,34,35). The summed E-state index contributed by atoms with van der Waals surface area (Å²) < 4.78 is 23.8. The molecule has 8 heteroatoms. The van der Waals surface area contributed by atoms with Crippen LogP contribution in [0.2, 0.25) is 0 Å². The third-order valence-corrected chi connectivity index (χ3v) is 6.16. The van der Waals surface area contributed by atoms with Gasteiger partial charge in [0.25, 0.3) is 0 Å². The monoisotopic (exact) mass is 573 g/mol. The molecule has 1 atom stereocenters. The van der Waals surface area contributed by atoms with Gasteiger partial charge in [-0.25, -0.2) is 4.79 Å². The van der Waals surface area contributed by atoms with Crippen LogP contribution in [0.1, 0.15) is 123 Å². The zero-order valence-corrected chi connectivity index (χ0v) is 28.3. The van der Waals surface area contributed by atoms with Gasteiger partial charge in [-0.05, 0) is 68.6 Å². The molecule has 0 aromatic rings. The molecule has 0 fully saturated rings. The summed E-state index contributed by atoms with van der Waals surface area (Å²) in [5.74, 6) is -0.911. The van der Waals surface area contributed by atoms with Gasteiger partial charge in [-0.2, -0.15) is 0 Å². The molecule has 0 saturated heterocycles. The summed E-state index contributed by atoms with van der Waals surface area (Å²) >= 11 is 0. The largest absolute Gasteiger partial charge is 0.481 e. The summed E-state index contributed by atoms with van der Waals surface area (Å²) in [6, 6.07) is 0. The molecule has 0 heterocycles. The lowest BCUT2D eigenvalue weighted by Gasteiger charge is -2.34. The van der Waals surface area contributed by atoms with Gasteiger partial charge in [0.15, 0.2) is 0 Å². The molecule has 0 aromatic carbocycles. The van der Waals surface area contributed by atoms with Gasteiger partial charge in [0.05, 0.1) is 31.8 Å². The van der Waals surface area contributed by atoms with E-state index in [2.05, 4.69) is 74.6 Å². The molecule has 0 aliphatic carbocycles. The summed E-state index contributed by atoms with van der Waals surface area (Å²) in [7, 11) is 0. The maximum absolute atomic E-state index is 12.7. The zero-order chi connectivity index (χ0) is 31.6. The van der Waals surface area contributed by atoms with E-state index in [-0.39, 0.29) is 34.7 Å². The van der Waals surface area contributed by atoms with E-state index in [9.17, 15) is 9.59 Å². The second kappa shape index (κ2) is 15.2. The number of hydrogen-bond acceptors (Lipinski definition) is 6. The minimum Gasteiger partial charge on any atom is -0.481 e. The molecule has 0 aliphatic rings. The first-order valence-electron chi connectivity index (χ1n) is 14.7. The van der Waals surface area contributed by atoms with Crippen LogP contribution >= 0.6 is 0 Å². The van der Waals surface area contributed by atoms with Gasteiger partial charge in [-0.3, -0.25) is 4.79 Å². The number of hydrogen-bond donors (Lipinski definition) is 2. The summed E-state index contributed by atoms with van der Waals surface area (Å²) in [5, 5.41) is 11.9. The van der Waals surface area contributed by atoms with Crippen molar-refractivity contribution in [3.05, 3.63) is 0 Å². The van der Waals surface area contributed by atoms with Crippen molar-refractivity contribution in [2.45, 2.75) is 140 Å². The van der Waals surface area contributed by atoms with Crippen LogP contribution < -0.4 is 5.32 Å². The fraction of sp³-hybridized carbons (Fsp3) is 0.938. The minimum absolute atomic E-state index is 0.0116. The Bertz CT molecular complexity index is 773. The predicted octanol–water partition coefficient (Wildman–Crippen LogP) is 7.48. The van der Waals surface area contributed by atoms with E-state index in [1.165, 1.54) is 0 Å². The molecule has 0 rings (SSSR count). The van der Waals surface area contributed by atoms with Crippen LogP contribution in [0.3, 0.4) is 0 Å². The number of carbonyl (C=O) groups is 2. The lowest BCUT2D eigenvalue weighted by Crippen LogP contribution is -2.46. The van der Waals surface area contributed by atoms with Crippen LogP contribution in [-0.4, -0.2) is 67.4 Å². The second-order valence-electron chi connectivity index (χ2n) is 16.8. The van der Waals surface area contributed by atoms with Crippen molar-refractivity contribution in [1.82, 2.24) is 5.32 Å². The normalized spacial score (nSPS) is 14.7. The lowest BCUT2D eigenvalue weighted by atomic mass is 9.77. The maximum Gasteiger partial charge on any atom is 0.407 e. The maximum atomic E-state index is 12.7. The quantitative estimate of drug-likeness (QED) is 0.175. The number of carbonyl (C=O) groups excluding carboxylic acids is 1. The number of amides is 1. The minimum atomic E-state index is -0.911. The van der Waals surface area contributed by atoms with Gasteiger partial charge in [-0.1, -0.05) is 69.2 Å². The van der Waals surface area contributed by atoms with Gasteiger partial charge < -0.3 is 29.4 Å². The molecule has 0 radical (unpaired) electrons. The highest BCUT2D eigenvalue weighted by Gasteiger charge is 2.30. The van der Waals surface area contributed by atoms with Gasteiger partial charge >= 0.3 is 12.1 Å². The highest BCUT2D eigenvalue weighted by atomic mass is 16.6. The Kier molecular flexibility index (Phi) is 14.7. The van der Waals surface area contributed by atoms with E-state index in [1.807, 2.05) is 13.8 Å². The van der Waals surface area contributed by atoms with Crippen LogP contribution in [0.25, 0.3) is 0 Å². The molecule has 0 aromatic heterocycles. The summed E-state index contributed by atoms with van der Waals surface area (Å²) in [6.07, 6.45) is 1.50. The van der Waals surface area contributed by atoms with Crippen LogP contribution in [0.4, 0.5) is 4.79 Å². The van der Waals surface area contributed by atoms with Crippen molar-refractivity contribution in [3.8, 4) is 0 Å². The topological polar surface area (TPSA) is 103 Å². The number of alkyl carbamates (subject to hydrolysis) is 1. The number of carboxylic acid groups (broad SMARTS) is 1. The van der Waals surface area contributed by atoms with E-state index < -0.39 is 29.3 Å². The van der Waals surface area contributed by atoms with Crippen molar-refractivity contribution in [2.24, 2.45) is 21.7 Å². The molecular formula is C32H63NO7. The first-order valence-corrected chi connectivity index (χ1v) is 14.7. The molecule has 0 spiro atoms. The van der Waals surface area contributed by atoms with Gasteiger partial charge in [0, 0.05) is 12.1 Å². The molecule has 0 saturated carbocycles. The van der Waals surface area contributed by atoms with Gasteiger partial charge in [-0.15, -0.1) is 0 Å². The van der Waals surface area contributed by atoms with Crippen LogP contribution in [0.5, 0.6) is 0 Å². The Hall–Kier alpha value is -1.38. The van der Waals surface area contributed by atoms with Crippen molar-refractivity contribution < 1.29 is 33.6 Å². The van der Waals surface area contributed by atoms with Gasteiger partial charge in [0.2, 0.25) is 0 Å². The molecule has 238 valence electrons. The number of aliphatic carboxylic acids is 1. The summed E-state index contributed by atoms with van der Waals surface area (Å²) in [5.41, 5.74) is -1.04. The first-order chi connectivity index (χ1) is 17.7. The average Bonchev–Trinajstić information content (AvgIpc) is 2.63. The number of rotatable bonds is 18. The lowest BCUT2D eigenvalue weighted by molar-refractivity contribution is -0.143. The van der Waals surface area contributed by atoms with E-state index in [1.54, 1.807) is 13.8 Å². The van der Waals surface area contributed by atoms with Crippen LogP contribution in [0.15, 0.2) is 0 Å². The van der Waals surface area contributed by atoms with E-state index in [4.69, 9.17) is 24.1 Å². The average molecular weight is 574 g/mol. The van der Waals surface area contributed by atoms with E-state index >= 15 is 0 Å². The van der Waals surface area contributed by atoms with Crippen molar-refractivity contribution in [1.29, 1.82) is 0 Å². The molecule has 40 heavy (non-hydrogen) atoms. The van der Waals surface area contributed by atoms with Crippen LogP contribution in [-0.2, 0) is 23.7 Å². The van der Waals surface area contributed by atoms with Gasteiger partial charge in [0.1, 0.15) is 12.7 Å². The van der Waals surface area contributed by atoms with E-state index in [0.29, 0.717) is 32.8 Å². The second-order valence-corrected chi connectivity index (χ2v) is 16.8. The fourth-order valence-corrected chi connectivity index (χ4v) is 5.47. The van der Waals surface area contributed by atoms with Crippen molar-refractivity contribution in [3.63, 3.8) is 0 Å². The highest BCUT2D eigenvalue weighted by Crippen LogP contribution is 2.34. The molecule has 0 aliphatic heterocycles. The summed E-state index contributed by atoms with van der Waals surface area (Å²) in [4.78, 5) is 23.7. The fourth-order valence-electron chi connectivity index (χ4n) is 5.47. The Morgan fingerprint density at radius 1 is 0.750 bits per heavy atom. The predicted molar refractivity (Wildman–Crippen MR) is 162 cm³/mol. The molecule has 1 amide bonds. The Morgan fingerprint density at radius 3 is 1.73 bits per heavy atom.